The van der Waals surface area contributed by atoms with Crippen LogP contribution in [0.3, 0.4) is 0 Å². The minimum atomic E-state index is -1.16. The number of carbonyl (C=O) groups excluding carboxylic acids is 2. The number of likely N-dealkylation sites (N-methyl/N-ethyl adjacent to an activating group) is 1. The molecule has 0 spiro atoms. The lowest BCUT2D eigenvalue weighted by Crippen LogP contribution is -2.44. The average Bonchev–Trinajstić information content (AvgIpc) is 3.25. The molecule has 1 aliphatic heterocycles. The molecule has 3 amide bonds. The first-order valence-corrected chi connectivity index (χ1v) is 15.1. The van der Waals surface area contributed by atoms with Crippen LogP contribution in [0.5, 0.6) is 17.2 Å². The lowest BCUT2D eigenvalue weighted by Gasteiger charge is -2.33. The van der Waals surface area contributed by atoms with E-state index in [9.17, 15) is 23.9 Å². The second-order valence-corrected chi connectivity index (χ2v) is 12.4. The Morgan fingerprint density at radius 3 is 2.20 bits per heavy atom. The van der Waals surface area contributed by atoms with Gasteiger partial charge in [0.2, 0.25) is 0 Å². The summed E-state index contributed by atoms with van der Waals surface area (Å²) in [6.07, 6.45) is 3.85. The van der Waals surface area contributed by atoms with E-state index in [4.69, 9.17) is 9.47 Å². The summed E-state index contributed by atoms with van der Waals surface area (Å²) in [6, 6.07) is 9.20. The quantitative estimate of drug-likeness (QED) is 0.326. The first-order valence-electron chi connectivity index (χ1n) is 15.1. The number of imide groups is 1. The van der Waals surface area contributed by atoms with Gasteiger partial charge in [-0.15, -0.1) is 0 Å². The Balaban J connectivity index is 1.48. The van der Waals surface area contributed by atoms with Crippen molar-refractivity contribution in [3.63, 3.8) is 0 Å². The van der Waals surface area contributed by atoms with Crippen molar-refractivity contribution in [1.29, 1.82) is 0 Å². The number of aliphatic hydroxyl groups is 1. The molecule has 1 N–H and O–H groups in total. The van der Waals surface area contributed by atoms with E-state index in [1.54, 1.807) is 58.0 Å². The van der Waals surface area contributed by atoms with Crippen LogP contribution in [0.1, 0.15) is 63.1 Å². The van der Waals surface area contributed by atoms with E-state index in [-0.39, 0.29) is 42.0 Å². The number of amides is 3. The number of pyridine rings is 1. The first-order chi connectivity index (χ1) is 20.8. The molecule has 0 unspecified atom stereocenters. The molecule has 2 aromatic carbocycles. The van der Waals surface area contributed by atoms with Crippen molar-refractivity contribution in [2.75, 3.05) is 13.1 Å². The molecule has 2 heterocycles. The van der Waals surface area contributed by atoms with E-state index in [1.165, 1.54) is 27.7 Å². The van der Waals surface area contributed by atoms with Crippen molar-refractivity contribution in [2.24, 2.45) is 7.05 Å². The smallest absolute Gasteiger partial charge is 0.327 e. The van der Waals surface area contributed by atoms with Crippen molar-refractivity contribution in [3.05, 3.63) is 75.5 Å². The van der Waals surface area contributed by atoms with Crippen LogP contribution < -0.4 is 15.0 Å². The second kappa shape index (κ2) is 12.1. The summed E-state index contributed by atoms with van der Waals surface area (Å²) < 4.78 is 28.4. The SMILES string of the molecule is CCN1CC(=O)N(C2CCC(Oc3cc(=O)n(C)cc3-c3cc(C(C)(C)O)ccc3Oc3c(C)cc(F)cc3C)CC2)C1=O. The Kier molecular flexibility index (Phi) is 8.57. The summed E-state index contributed by atoms with van der Waals surface area (Å²) in [5.41, 5.74) is 1.67. The van der Waals surface area contributed by atoms with Crippen LogP contribution in [-0.4, -0.2) is 56.6 Å². The third kappa shape index (κ3) is 6.22. The molecule has 0 radical (unpaired) electrons. The average molecular weight is 606 g/mol. The van der Waals surface area contributed by atoms with Gasteiger partial charge in [0.25, 0.3) is 11.5 Å². The van der Waals surface area contributed by atoms with Crippen LogP contribution in [0, 0.1) is 19.7 Å². The molecule has 5 rings (SSSR count). The largest absolute Gasteiger partial charge is 0.490 e. The summed E-state index contributed by atoms with van der Waals surface area (Å²) >= 11 is 0. The van der Waals surface area contributed by atoms with Gasteiger partial charge >= 0.3 is 6.03 Å². The Morgan fingerprint density at radius 1 is 0.955 bits per heavy atom. The molecular weight excluding hydrogens is 565 g/mol. The van der Waals surface area contributed by atoms with Gasteiger partial charge in [-0.05, 0) is 101 Å². The zero-order chi connectivity index (χ0) is 31.9. The summed E-state index contributed by atoms with van der Waals surface area (Å²) in [7, 11) is 1.65. The molecule has 10 heteroatoms. The van der Waals surface area contributed by atoms with E-state index in [2.05, 4.69) is 0 Å². The van der Waals surface area contributed by atoms with E-state index < -0.39 is 5.60 Å². The molecule has 2 fully saturated rings. The lowest BCUT2D eigenvalue weighted by molar-refractivity contribution is -0.127. The van der Waals surface area contributed by atoms with E-state index in [0.717, 1.165) is 0 Å². The van der Waals surface area contributed by atoms with Crippen LogP contribution in [0.2, 0.25) is 0 Å². The van der Waals surface area contributed by atoms with Gasteiger partial charge < -0.3 is 24.0 Å². The van der Waals surface area contributed by atoms with Crippen LogP contribution in [0.15, 0.2) is 47.4 Å². The number of hydrogen-bond acceptors (Lipinski definition) is 6. The fourth-order valence-corrected chi connectivity index (χ4v) is 6.06. The van der Waals surface area contributed by atoms with Gasteiger partial charge in [-0.25, -0.2) is 9.18 Å². The molecule has 9 nitrogen and oxygen atoms in total. The monoisotopic (exact) mass is 605 g/mol. The van der Waals surface area contributed by atoms with Crippen molar-refractivity contribution in [2.45, 2.75) is 78.0 Å². The highest BCUT2D eigenvalue weighted by Gasteiger charge is 2.41. The minimum Gasteiger partial charge on any atom is -0.490 e. The summed E-state index contributed by atoms with van der Waals surface area (Å²) in [4.78, 5) is 41.1. The highest BCUT2D eigenvalue weighted by Crippen LogP contribution is 2.42. The zero-order valence-corrected chi connectivity index (χ0v) is 26.1. The molecule has 3 aromatic rings. The molecule has 1 aromatic heterocycles. The fraction of sp³-hybridized carbons (Fsp3) is 0.441. The maximum absolute atomic E-state index is 14.0. The number of carbonyl (C=O) groups is 2. The highest BCUT2D eigenvalue weighted by atomic mass is 19.1. The normalized spacial score (nSPS) is 19.1. The van der Waals surface area contributed by atoms with E-state index in [0.29, 0.717) is 77.3 Å². The maximum Gasteiger partial charge on any atom is 0.327 e. The Labute approximate surface area is 256 Å². The number of rotatable bonds is 8. The number of aromatic nitrogens is 1. The topological polar surface area (TPSA) is 101 Å². The van der Waals surface area contributed by atoms with Crippen molar-refractivity contribution in [3.8, 4) is 28.4 Å². The lowest BCUT2D eigenvalue weighted by atomic mass is 9.91. The fourth-order valence-electron chi connectivity index (χ4n) is 6.06. The van der Waals surface area contributed by atoms with Crippen molar-refractivity contribution < 1.29 is 28.6 Å². The molecule has 1 saturated carbocycles. The van der Waals surface area contributed by atoms with Gasteiger partial charge in [0, 0.05) is 43.0 Å². The van der Waals surface area contributed by atoms with Gasteiger partial charge in [0.05, 0.1) is 11.7 Å². The van der Waals surface area contributed by atoms with Crippen LogP contribution >= 0.6 is 0 Å². The number of urea groups is 1. The zero-order valence-electron chi connectivity index (χ0n) is 26.1. The molecule has 0 bridgehead atoms. The number of hydrogen-bond donors (Lipinski definition) is 1. The number of benzene rings is 2. The standard InChI is InChI=1S/C34H40FN3O6/c1-7-37-19-31(40)38(33(37)41)24-9-11-25(12-10-24)43-29-17-30(39)36(6)18-27(29)26-16-22(34(4,5)42)8-13-28(26)44-32-20(2)14-23(35)15-21(32)3/h8,13-18,24-25,42H,7,9-12,19H2,1-6H3. The van der Waals surface area contributed by atoms with Gasteiger partial charge in [0.1, 0.15) is 29.6 Å². The van der Waals surface area contributed by atoms with Crippen molar-refractivity contribution in [1.82, 2.24) is 14.4 Å². The van der Waals surface area contributed by atoms with Gasteiger partial charge in [-0.2, -0.15) is 0 Å². The number of aryl methyl sites for hydroxylation is 3. The Hall–Kier alpha value is -4.18. The summed E-state index contributed by atoms with van der Waals surface area (Å²) in [6.45, 7) is 9.39. The molecule has 1 aliphatic carbocycles. The highest BCUT2D eigenvalue weighted by molar-refractivity contribution is 6.02. The molecule has 0 atom stereocenters. The number of halogens is 1. The Morgan fingerprint density at radius 2 is 1.61 bits per heavy atom. The molecule has 44 heavy (non-hydrogen) atoms. The van der Waals surface area contributed by atoms with Gasteiger partial charge in [-0.3, -0.25) is 14.5 Å². The minimum absolute atomic E-state index is 0.119. The van der Waals surface area contributed by atoms with Crippen molar-refractivity contribution >= 4 is 11.9 Å². The Bertz CT molecular complexity index is 1630. The third-order valence-corrected chi connectivity index (χ3v) is 8.56. The molecule has 234 valence electrons. The number of nitrogens with zero attached hydrogens (tertiary/aromatic N) is 3. The maximum atomic E-state index is 14.0. The van der Waals surface area contributed by atoms with Gasteiger partial charge in [0.15, 0.2) is 0 Å². The molecule has 2 aliphatic rings. The van der Waals surface area contributed by atoms with Crippen LogP contribution in [-0.2, 0) is 17.4 Å². The van der Waals surface area contributed by atoms with E-state index in [1.807, 2.05) is 13.0 Å². The van der Waals surface area contributed by atoms with Gasteiger partial charge in [-0.1, -0.05) is 6.07 Å². The first kappa shape index (κ1) is 31.3. The van der Waals surface area contributed by atoms with Crippen LogP contribution in [0.4, 0.5) is 9.18 Å². The number of ether oxygens (including phenoxy) is 2. The molecule has 1 saturated heterocycles. The third-order valence-electron chi connectivity index (χ3n) is 8.56. The summed E-state index contributed by atoms with van der Waals surface area (Å²) in [5, 5.41) is 10.8. The summed E-state index contributed by atoms with van der Waals surface area (Å²) in [5.74, 6) is 0.819. The second-order valence-electron chi connectivity index (χ2n) is 12.4. The molecular formula is C34H40FN3O6. The van der Waals surface area contributed by atoms with Crippen LogP contribution in [0.25, 0.3) is 11.1 Å². The van der Waals surface area contributed by atoms with E-state index >= 15 is 0 Å². The predicted molar refractivity (Wildman–Crippen MR) is 164 cm³/mol. The predicted octanol–water partition coefficient (Wildman–Crippen LogP) is 5.80.